The van der Waals surface area contributed by atoms with E-state index in [1.54, 1.807) is 6.07 Å². The second kappa shape index (κ2) is 7.22. The van der Waals surface area contributed by atoms with Crippen molar-refractivity contribution in [3.8, 4) is 0 Å². The summed E-state index contributed by atoms with van der Waals surface area (Å²) in [6, 6.07) is 7.09. The van der Waals surface area contributed by atoms with E-state index in [0.717, 1.165) is 24.1 Å². The predicted octanol–water partition coefficient (Wildman–Crippen LogP) is 3.58. The number of aromatic nitrogens is 1. The van der Waals surface area contributed by atoms with Crippen molar-refractivity contribution in [1.82, 2.24) is 4.98 Å². The van der Waals surface area contributed by atoms with Crippen LogP contribution >= 0.6 is 0 Å². The number of benzene rings is 1. The molecule has 0 aliphatic heterocycles. The molecule has 0 spiro atoms. The SMILES string of the molecule is CCCCN(C(=O)c1ccc(F)cc1)c1cc(C)c(C)[nH]c1=O. The fourth-order valence-corrected chi connectivity index (χ4v) is 2.31. The Balaban J connectivity index is 2.44. The molecule has 4 nitrogen and oxygen atoms in total. The number of aryl methyl sites for hydroxylation is 2. The van der Waals surface area contributed by atoms with Gasteiger partial charge in [0.05, 0.1) is 0 Å². The Labute approximate surface area is 135 Å². The number of unbranched alkanes of at least 4 members (excludes halogenated alkanes) is 1. The van der Waals surface area contributed by atoms with Gasteiger partial charge < -0.3 is 9.88 Å². The van der Waals surface area contributed by atoms with Gasteiger partial charge in [0.2, 0.25) is 0 Å². The molecule has 1 N–H and O–H groups in total. The summed E-state index contributed by atoms with van der Waals surface area (Å²) in [5, 5.41) is 0. The second-order valence-electron chi connectivity index (χ2n) is 5.61. The number of hydrogen-bond donors (Lipinski definition) is 1. The monoisotopic (exact) mass is 316 g/mol. The Bertz CT molecular complexity index is 751. The van der Waals surface area contributed by atoms with E-state index in [2.05, 4.69) is 4.98 Å². The number of rotatable bonds is 5. The summed E-state index contributed by atoms with van der Waals surface area (Å²) < 4.78 is 13.1. The first-order chi connectivity index (χ1) is 10.9. The molecule has 1 amide bonds. The van der Waals surface area contributed by atoms with Gasteiger partial charge in [-0.25, -0.2) is 4.39 Å². The summed E-state index contributed by atoms with van der Waals surface area (Å²) in [7, 11) is 0. The molecule has 2 rings (SSSR count). The summed E-state index contributed by atoms with van der Waals surface area (Å²) in [6.45, 7) is 6.16. The van der Waals surface area contributed by atoms with Crippen LogP contribution in [0.4, 0.5) is 10.1 Å². The van der Waals surface area contributed by atoms with Crippen LogP contribution in [0.1, 0.15) is 41.4 Å². The van der Waals surface area contributed by atoms with E-state index in [9.17, 15) is 14.0 Å². The topological polar surface area (TPSA) is 53.2 Å². The van der Waals surface area contributed by atoms with Crippen LogP contribution in [0.15, 0.2) is 35.1 Å². The Hall–Kier alpha value is -2.43. The Kier molecular flexibility index (Phi) is 5.32. The minimum Gasteiger partial charge on any atom is -0.324 e. The van der Waals surface area contributed by atoms with Crippen LogP contribution in [0.2, 0.25) is 0 Å². The van der Waals surface area contributed by atoms with Gasteiger partial charge in [-0.3, -0.25) is 9.59 Å². The summed E-state index contributed by atoms with van der Waals surface area (Å²) in [6.07, 6.45) is 1.68. The highest BCUT2D eigenvalue weighted by atomic mass is 19.1. The number of hydrogen-bond acceptors (Lipinski definition) is 2. The van der Waals surface area contributed by atoms with Gasteiger partial charge in [0, 0.05) is 17.8 Å². The Morgan fingerprint density at radius 1 is 1.22 bits per heavy atom. The maximum absolute atomic E-state index is 13.1. The molecule has 5 heteroatoms. The first kappa shape index (κ1) is 16.9. The van der Waals surface area contributed by atoms with Crippen LogP contribution in [0.25, 0.3) is 0 Å². The first-order valence-electron chi connectivity index (χ1n) is 7.72. The fourth-order valence-electron chi connectivity index (χ4n) is 2.31. The molecule has 0 saturated carbocycles. The van der Waals surface area contributed by atoms with Gasteiger partial charge in [0.15, 0.2) is 0 Å². The highest BCUT2D eigenvalue weighted by Gasteiger charge is 2.20. The van der Waals surface area contributed by atoms with Gasteiger partial charge in [-0.15, -0.1) is 0 Å². The zero-order chi connectivity index (χ0) is 17.0. The molecule has 0 radical (unpaired) electrons. The summed E-state index contributed by atoms with van der Waals surface area (Å²) in [5.41, 5.74) is 2.09. The summed E-state index contributed by atoms with van der Waals surface area (Å²) in [5.74, 6) is -0.696. The highest BCUT2D eigenvalue weighted by molar-refractivity contribution is 6.06. The van der Waals surface area contributed by atoms with Crippen molar-refractivity contribution in [1.29, 1.82) is 0 Å². The lowest BCUT2D eigenvalue weighted by atomic mass is 10.1. The van der Waals surface area contributed by atoms with Crippen molar-refractivity contribution >= 4 is 11.6 Å². The number of halogens is 1. The van der Waals surface area contributed by atoms with Gasteiger partial charge in [-0.05, 0) is 56.2 Å². The molecule has 2 aromatic rings. The molecule has 1 aromatic carbocycles. The van der Waals surface area contributed by atoms with Crippen LogP contribution in [-0.2, 0) is 0 Å². The molecule has 0 unspecified atom stereocenters. The van der Waals surface area contributed by atoms with Crippen molar-refractivity contribution in [2.75, 3.05) is 11.4 Å². The number of pyridine rings is 1. The minimum absolute atomic E-state index is 0.292. The van der Waals surface area contributed by atoms with Gasteiger partial charge in [0.25, 0.3) is 11.5 Å². The van der Waals surface area contributed by atoms with Crippen molar-refractivity contribution in [3.63, 3.8) is 0 Å². The lowest BCUT2D eigenvalue weighted by Crippen LogP contribution is -2.36. The third-order valence-electron chi connectivity index (χ3n) is 3.84. The maximum atomic E-state index is 13.1. The quantitative estimate of drug-likeness (QED) is 0.916. The Morgan fingerprint density at radius 2 is 1.87 bits per heavy atom. The molecule has 0 aliphatic rings. The number of amides is 1. The molecule has 0 saturated heterocycles. The summed E-state index contributed by atoms with van der Waals surface area (Å²) >= 11 is 0. The van der Waals surface area contributed by atoms with Crippen LogP contribution < -0.4 is 10.5 Å². The number of anilines is 1. The normalized spacial score (nSPS) is 10.6. The number of carbonyl (C=O) groups excluding carboxylic acids is 1. The fraction of sp³-hybridized carbons (Fsp3) is 0.333. The van der Waals surface area contributed by atoms with E-state index in [-0.39, 0.29) is 11.5 Å². The van der Waals surface area contributed by atoms with Gasteiger partial charge in [-0.1, -0.05) is 13.3 Å². The van der Waals surface area contributed by atoms with E-state index in [1.807, 2.05) is 20.8 Å². The zero-order valence-corrected chi connectivity index (χ0v) is 13.6. The maximum Gasteiger partial charge on any atom is 0.272 e. The molecule has 0 aliphatic carbocycles. The number of nitrogens with zero attached hydrogens (tertiary/aromatic N) is 1. The van der Waals surface area contributed by atoms with E-state index in [1.165, 1.54) is 29.2 Å². The number of aromatic amines is 1. The van der Waals surface area contributed by atoms with Crippen LogP contribution in [0.5, 0.6) is 0 Å². The van der Waals surface area contributed by atoms with Gasteiger partial charge in [0.1, 0.15) is 11.5 Å². The van der Waals surface area contributed by atoms with Crippen LogP contribution in [0, 0.1) is 19.7 Å². The van der Waals surface area contributed by atoms with E-state index < -0.39 is 5.82 Å². The Morgan fingerprint density at radius 3 is 2.48 bits per heavy atom. The number of H-pyrrole nitrogens is 1. The lowest BCUT2D eigenvalue weighted by Gasteiger charge is -2.22. The smallest absolute Gasteiger partial charge is 0.272 e. The molecule has 122 valence electrons. The highest BCUT2D eigenvalue weighted by Crippen LogP contribution is 2.17. The second-order valence-corrected chi connectivity index (χ2v) is 5.61. The molecular weight excluding hydrogens is 295 g/mol. The molecule has 0 fully saturated rings. The molecule has 1 aromatic heterocycles. The zero-order valence-electron chi connectivity index (χ0n) is 13.6. The third kappa shape index (κ3) is 3.86. The number of nitrogens with one attached hydrogen (secondary N) is 1. The molecular formula is C18H21FN2O2. The third-order valence-corrected chi connectivity index (χ3v) is 3.84. The van der Waals surface area contributed by atoms with Gasteiger partial charge >= 0.3 is 0 Å². The average molecular weight is 316 g/mol. The standard InChI is InChI=1S/C18H21FN2O2/c1-4-5-10-21(16-11-12(2)13(3)20-17(16)22)18(23)14-6-8-15(19)9-7-14/h6-9,11H,4-5,10H2,1-3H3,(H,20,22). The van der Waals surface area contributed by atoms with E-state index in [0.29, 0.717) is 17.8 Å². The van der Waals surface area contributed by atoms with E-state index in [4.69, 9.17) is 0 Å². The van der Waals surface area contributed by atoms with Crippen LogP contribution in [0.3, 0.4) is 0 Å². The molecule has 0 bridgehead atoms. The lowest BCUT2D eigenvalue weighted by molar-refractivity contribution is 0.0986. The predicted molar refractivity (Wildman–Crippen MR) is 89.5 cm³/mol. The number of carbonyl (C=O) groups is 1. The molecule has 0 atom stereocenters. The van der Waals surface area contributed by atoms with Crippen molar-refractivity contribution in [2.45, 2.75) is 33.6 Å². The van der Waals surface area contributed by atoms with Crippen LogP contribution in [-0.4, -0.2) is 17.4 Å². The summed E-state index contributed by atoms with van der Waals surface area (Å²) in [4.78, 5) is 29.3. The van der Waals surface area contributed by atoms with Crippen molar-refractivity contribution in [3.05, 3.63) is 63.3 Å². The molecule has 23 heavy (non-hydrogen) atoms. The molecule has 1 heterocycles. The largest absolute Gasteiger partial charge is 0.324 e. The van der Waals surface area contributed by atoms with E-state index >= 15 is 0 Å². The first-order valence-corrected chi connectivity index (χ1v) is 7.72. The van der Waals surface area contributed by atoms with Crippen molar-refractivity contribution < 1.29 is 9.18 Å². The minimum atomic E-state index is -0.398. The van der Waals surface area contributed by atoms with Gasteiger partial charge in [-0.2, -0.15) is 0 Å². The average Bonchev–Trinajstić information content (AvgIpc) is 2.52. The van der Waals surface area contributed by atoms with Crippen molar-refractivity contribution in [2.24, 2.45) is 0 Å².